The van der Waals surface area contributed by atoms with Crippen molar-refractivity contribution in [3.63, 3.8) is 0 Å². The van der Waals surface area contributed by atoms with E-state index < -0.39 is 0 Å². The predicted molar refractivity (Wildman–Crippen MR) is 71.2 cm³/mol. The Kier molecular flexibility index (Phi) is 4.45. The highest BCUT2D eigenvalue weighted by molar-refractivity contribution is 4.96. The molecule has 1 unspecified atom stereocenters. The van der Waals surface area contributed by atoms with Gasteiger partial charge in [0.2, 0.25) is 0 Å². The van der Waals surface area contributed by atoms with E-state index >= 15 is 0 Å². The molecule has 0 aromatic rings. The van der Waals surface area contributed by atoms with Crippen molar-refractivity contribution in [1.82, 2.24) is 10.2 Å². The Hall–Kier alpha value is -0.120. The highest BCUT2D eigenvalue weighted by Crippen LogP contribution is 2.34. The summed E-state index contributed by atoms with van der Waals surface area (Å²) >= 11 is 0. The van der Waals surface area contributed by atoms with Crippen molar-refractivity contribution in [2.45, 2.75) is 70.0 Å². The van der Waals surface area contributed by atoms with Gasteiger partial charge in [0.15, 0.2) is 0 Å². The minimum absolute atomic E-state index is 0.276. The van der Waals surface area contributed by atoms with Crippen molar-refractivity contribution in [2.24, 2.45) is 0 Å². The molecule has 2 aliphatic rings. The van der Waals surface area contributed by atoms with Crippen LogP contribution in [0.3, 0.4) is 0 Å². The molecule has 0 aromatic carbocycles. The molecule has 0 radical (unpaired) electrons. The van der Waals surface area contributed by atoms with Crippen molar-refractivity contribution < 1.29 is 5.11 Å². The third-order valence-electron chi connectivity index (χ3n) is 4.57. The number of hydrogen-bond donors (Lipinski definition) is 2. The first-order chi connectivity index (χ1) is 8.15. The summed E-state index contributed by atoms with van der Waals surface area (Å²) < 4.78 is 0. The zero-order valence-corrected chi connectivity index (χ0v) is 11.4. The van der Waals surface area contributed by atoms with E-state index in [9.17, 15) is 5.11 Å². The van der Waals surface area contributed by atoms with Crippen LogP contribution in [-0.4, -0.2) is 47.3 Å². The Morgan fingerprint density at radius 3 is 2.65 bits per heavy atom. The molecule has 1 saturated heterocycles. The zero-order valence-electron chi connectivity index (χ0n) is 11.4. The fourth-order valence-electron chi connectivity index (χ4n) is 3.75. The molecule has 1 aliphatic carbocycles. The lowest BCUT2D eigenvalue weighted by Crippen LogP contribution is -2.55. The van der Waals surface area contributed by atoms with E-state index in [1.807, 2.05) is 0 Å². The lowest BCUT2D eigenvalue weighted by Gasteiger charge is -2.46. The third kappa shape index (κ3) is 3.01. The van der Waals surface area contributed by atoms with Crippen LogP contribution in [0.4, 0.5) is 0 Å². The second-order valence-electron chi connectivity index (χ2n) is 6.28. The molecule has 3 heteroatoms. The molecule has 3 nitrogen and oxygen atoms in total. The lowest BCUT2D eigenvalue weighted by atomic mass is 9.93. The van der Waals surface area contributed by atoms with E-state index in [1.54, 1.807) is 0 Å². The van der Waals surface area contributed by atoms with Crippen LogP contribution < -0.4 is 5.32 Å². The molecule has 2 N–H and O–H groups in total. The first kappa shape index (κ1) is 13.3. The van der Waals surface area contributed by atoms with Crippen molar-refractivity contribution >= 4 is 0 Å². The van der Waals surface area contributed by atoms with Crippen LogP contribution in [0.2, 0.25) is 0 Å². The molecular formula is C14H28N2O. The number of aliphatic hydroxyl groups is 1. The van der Waals surface area contributed by atoms with Gasteiger partial charge in [-0.25, -0.2) is 0 Å². The van der Waals surface area contributed by atoms with Crippen LogP contribution in [0.5, 0.6) is 0 Å². The SMILES string of the molecule is CC1(C)CCNCC(CCO)N1C1CCCC1. The summed E-state index contributed by atoms with van der Waals surface area (Å²) in [4.78, 5) is 2.73. The van der Waals surface area contributed by atoms with Gasteiger partial charge in [-0.05, 0) is 46.1 Å². The lowest BCUT2D eigenvalue weighted by molar-refractivity contribution is 0.0225. The van der Waals surface area contributed by atoms with Gasteiger partial charge in [-0.1, -0.05) is 12.8 Å². The van der Waals surface area contributed by atoms with Gasteiger partial charge < -0.3 is 10.4 Å². The van der Waals surface area contributed by atoms with Crippen molar-refractivity contribution in [3.8, 4) is 0 Å². The third-order valence-corrected chi connectivity index (χ3v) is 4.57. The number of aliphatic hydroxyl groups excluding tert-OH is 1. The first-order valence-electron chi connectivity index (χ1n) is 7.25. The van der Waals surface area contributed by atoms with Crippen LogP contribution in [-0.2, 0) is 0 Å². The van der Waals surface area contributed by atoms with Crippen LogP contribution in [0.25, 0.3) is 0 Å². The molecule has 1 heterocycles. The molecule has 17 heavy (non-hydrogen) atoms. The Balaban J connectivity index is 2.15. The van der Waals surface area contributed by atoms with Gasteiger partial charge in [-0.2, -0.15) is 0 Å². The minimum Gasteiger partial charge on any atom is -0.396 e. The summed E-state index contributed by atoms with van der Waals surface area (Å²) in [6.07, 6.45) is 7.60. The molecule has 1 atom stereocenters. The van der Waals surface area contributed by atoms with Gasteiger partial charge in [0.1, 0.15) is 0 Å². The van der Waals surface area contributed by atoms with E-state index in [0.29, 0.717) is 12.6 Å². The Labute approximate surface area is 106 Å². The van der Waals surface area contributed by atoms with Crippen LogP contribution in [0, 0.1) is 0 Å². The molecule has 0 amide bonds. The van der Waals surface area contributed by atoms with Gasteiger partial charge in [-0.15, -0.1) is 0 Å². The molecule has 0 aromatic heterocycles. The summed E-state index contributed by atoms with van der Waals surface area (Å²) in [6.45, 7) is 7.22. The van der Waals surface area contributed by atoms with Crippen LogP contribution in [0.1, 0.15) is 52.4 Å². The first-order valence-corrected chi connectivity index (χ1v) is 7.25. The molecule has 100 valence electrons. The maximum absolute atomic E-state index is 9.29. The van der Waals surface area contributed by atoms with Crippen molar-refractivity contribution in [3.05, 3.63) is 0 Å². The average molecular weight is 240 g/mol. The fourth-order valence-corrected chi connectivity index (χ4v) is 3.75. The minimum atomic E-state index is 0.276. The van der Waals surface area contributed by atoms with E-state index in [1.165, 1.54) is 32.1 Å². The molecule has 0 bridgehead atoms. The van der Waals surface area contributed by atoms with Gasteiger partial charge in [0.05, 0.1) is 0 Å². The highest BCUT2D eigenvalue weighted by Gasteiger charge is 2.39. The van der Waals surface area contributed by atoms with Gasteiger partial charge >= 0.3 is 0 Å². The topological polar surface area (TPSA) is 35.5 Å². The zero-order chi connectivity index (χ0) is 12.3. The van der Waals surface area contributed by atoms with E-state index in [4.69, 9.17) is 0 Å². The van der Waals surface area contributed by atoms with E-state index in [0.717, 1.165) is 25.6 Å². The normalized spacial score (nSPS) is 31.6. The number of hydrogen-bond acceptors (Lipinski definition) is 3. The Morgan fingerprint density at radius 1 is 1.29 bits per heavy atom. The van der Waals surface area contributed by atoms with Crippen molar-refractivity contribution in [2.75, 3.05) is 19.7 Å². The Morgan fingerprint density at radius 2 is 2.00 bits per heavy atom. The van der Waals surface area contributed by atoms with Crippen LogP contribution in [0.15, 0.2) is 0 Å². The molecule has 1 saturated carbocycles. The smallest absolute Gasteiger partial charge is 0.0446 e. The Bertz CT molecular complexity index is 236. The monoisotopic (exact) mass is 240 g/mol. The molecular weight excluding hydrogens is 212 g/mol. The largest absolute Gasteiger partial charge is 0.396 e. The summed E-state index contributed by atoms with van der Waals surface area (Å²) in [5.74, 6) is 0. The van der Waals surface area contributed by atoms with E-state index in [-0.39, 0.29) is 5.54 Å². The van der Waals surface area contributed by atoms with E-state index in [2.05, 4.69) is 24.1 Å². The predicted octanol–water partition coefficient (Wildman–Crippen LogP) is 1.75. The summed E-state index contributed by atoms with van der Waals surface area (Å²) in [5, 5.41) is 12.8. The average Bonchev–Trinajstić information content (AvgIpc) is 2.73. The fraction of sp³-hybridized carbons (Fsp3) is 1.00. The quantitative estimate of drug-likeness (QED) is 0.789. The molecule has 1 aliphatic heterocycles. The molecule has 2 rings (SSSR count). The summed E-state index contributed by atoms with van der Waals surface area (Å²) in [7, 11) is 0. The molecule has 2 fully saturated rings. The van der Waals surface area contributed by atoms with Crippen molar-refractivity contribution in [1.29, 1.82) is 0 Å². The van der Waals surface area contributed by atoms with Gasteiger partial charge in [0, 0.05) is 30.8 Å². The standard InChI is InChI=1S/C14H28N2O/c1-14(2)8-9-15-11-13(7-10-17)16(14)12-5-3-4-6-12/h12-13,15,17H,3-11H2,1-2H3. The second kappa shape index (κ2) is 5.68. The van der Waals surface area contributed by atoms with Crippen LogP contribution >= 0.6 is 0 Å². The number of nitrogens with one attached hydrogen (secondary N) is 1. The van der Waals surface area contributed by atoms with Gasteiger partial charge in [-0.3, -0.25) is 4.90 Å². The number of rotatable bonds is 3. The second-order valence-corrected chi connectivity index (χ2v) is 6.28. The maximum atomic E-state index is 9.29. The molecule has 0 spiro atoms. The summed E-state index contributed by atoms with van der Waals surface area (Å²) in [6, 6.07) is 1.27. The number of nitrogens with zero attached hydrogens (tertiary/aromatic N) is 1. The highest BCUT2D eigenvalue weighted by atomic mass is 16.3. The maximum Gasteiger partial charge on any atom is 0.0446 e. The van der Waals surface area contributed by atoms with Gasteiger partial charge in [0.25, 0.3) is 0 Å². The summed E-state index contributed by atoms with van der Waals surface area (Å²) in [5.41, 5.74) is 0.276.